The second-order valence-corrected chi connectivity index (χ2v) is 19.3. The monoisotopic (exact) mass is 666 g/mol. The molecular weight excluding hydrogens is 617 g/mol. The van der Waals surface area contributed by atoms with Gasteiger partial charge < -0.3 is 9.80 Å². The molecule has 51 heavy (non-hydrogen) atoms. The standard InChI is InChI=1S/C49H50N2/c1-45(2,3)28-25-31-43-36(26-28)48(8)23-14-15-24-49(48,9)51(43)38-27-35-39(29-17-10-11-19-32(29)46(35,4)5)40-30-18-16-21-34-42(30)50(44(31)41(38)40)37-22-13-12-20-33(37)47(34,6)7/h10-13,16-22,25-27,44H,14-15,23-24H2,1-9H3. The lowest BCUT2D eigenvalue weighted by Crippen LogP contribution is -2.55. The molecule has 3 unspecified atom stereocenters. The molecule has 0 N–H and O–H groups in total. The van der Waals surface area contributed by atoms with Crippen LogP contribution >= 0.6 is 0 Å². The predicted octanol–water partition coefficient (Wildman–Crippen LogP) is 12.9. The summed E-state index contributed by atoms with van der Waals surface area (Å²) in [5.74, 6) is 0. The molecule has 11 rings (SSSR count). The minimum Gasteiger partial charge on any atom is -0.334 e. The number of nitrogens with zero attached hydrogens (tertiary/aromatic N) is 2. The summed E-state index contributed by atoms with van der Waals surface area (Å²) < 4.78 is 0. The Labute approximate surface area is 304 Å². The Hall–Kier alpha value is -4.30. The molecule has 0 radical (unpaired) electrons. The van der Waals surface area contributed by atoms with E-state index in [1.165, 1.54) is 110 Å². The SMILES string of the molecule is CC(C)(C)c1cc2c3c(c1)C1(C)CCCCC1(C)N3c1cc3c(c4c1C2N1c2ccccc2C(C)(C)c2cccc-4c21)-c1ccccc1C3(C)C. The van der Waals surface area contributed by atoms with E-state index in [0.29, 0.717) is 0 Å². The highest BCUT2D eigenvalue weighted by molar-refractivity contribution is 6.07. The molecule has 256 valence electrons. The maximum absolute atomic E-state index is 2.92. The number of fused-ring (bicyclic) bond motifs is 13. The van der Waals surface area contributed by atoms with Crippen LogP contribution in [0.15, 0.2) is 84.9 Å². The average Bonchev–Trinajstić information content (AvgIpc) is 3.46. The Balaban J connectivity index is 1.38. The number of benzene rings is 5. The molecule has 4 heterocycles. The maximum atomic E-state index is 2.92. The van der Waals surface area contributed by atoms with E-state index in [9.17, 15) is 0 Å². The van der Waals surface area contributed by atoms with Crippen LogP contribution < -0.4 is 9.80 Å². The smallest absolute Gasteiger partial charge is 0.0892 e. The van der Waals surface area contributed by atoms with Gasteiger partial charge in [0.2, 0.25) is 0 Å². The van der Waals surface area contributed by atoms with Gasteiger partial charge in [-0.15, -0.1) is 0 Å². The lowest BCUT2D eigenvalue weighted by molar-refractivity contribution is 0.194. The van der Waals surface area contributed by atoms with Crippen LogP contribution in [0.25, 0.3) is 22.3 Å². The summed E-state index contributed by atoms with van der Waals surface area (Å²) in [4.78, 5) is 5.73. The first-order chi connectivity index (χ1) is 24.2. The first-order valence-electron chi connectivity index (χ1n) is 19.5. The second kappa shape index (κ2) is 9.00. The Morgan fingerprint density at radius 3 is 2.04 bits per heavy atom. The predicted molar refractivity (Wildman–Crippen MR) is 213 cm³/mol. The minimum absolute atomic E-state index is 0.00859. The first-order valence-corrected chi connectivity index (χ1v) is 19.5. The molecule has 0 bridgehead atoms. The molecule has 0 aromatic heterocycles. The maximum Gasteiger partial charge on any atom is 0.0892 e. The van der Waals surface area contributed by atoms with Crippen LogP contribution in [-0.2, 0) is 21.7 Å². The van der Waals surface area contributed by atoms with Crippen molar-refractivity contribution in [3.05, 3.63) is 129 Å². The highest BCUT2D eigenvalue weighted by atomic mass is 15.3. The Kier molecular flexibility index (Phi) is 5.36. The van der Waals surface area contributed by atoms with Crippen molar-refractivity contribution in [2.75, 3.05) is 9.80 Å². The van der Waals surface area contributed by atoms with Gasteiger partial charge in [0.05, 0.1) is 23.0 Å². The molecule has 6 aliphatic rings. The second-order valence-electron chi connectivity index (χ2n) is 19.3. The molecule has 3 atom stereocenters. The van der Waals surface area contributed by atoms with Gasteiger partial charge in [-0.2, -0.15) is 0 Å². The van der Waals surface area contributed by atoms with Crippen molar-refractivity contribution in [2.45, 2.75) is 121 Å². The molecule has 2 heteroatoms. The van der Waals surface area contributed by atoms with E-state index < -0.39 is 0 Å². The number of hydrogen-bond donors (Lipinski definition) is 0. The summed E-state index contributed by atoms with van der Waals surface area (Å²) in [5, 5.41) is 0. The zero-order valence-electron chi connectivity index (χ0n) is 31.9. The molecule has 4 aliphatic heterocycles. The summed E-state index contributed by atoms with van der Waals surface area (Å²) in [6.07, 6.45) is 5.03. The molecule has 0 amide bonds. The number of hydrogen-bond acceptors (Lipinski definition) is 2. The summed E-state index contributed by atoms with van der Waals surface area (Å²) in [7, 11) is 0. The fraction of sp³-hybridized carbons (Fsp3) is 0.388. The zero-order chi connectivity index (χ0) is 35.2. The van der Waals surface area contributed by atoms with Gasteiger partial charge in [-0.1, -0.05) is 141 Å². The number of rotatable bonds is 0. The number of para-hydroxylation sites is 2. The van der Waals surface area contributed by atoms with E-state index in [-0.39, 0.29) is 33.2 Å². The van der Waals surface area contributed by atoms with Gasteiger partial charge >= 0.3 is 0 Å². The van der Waals surface area contributed by atoms with Crippen LogP contribution in [0.3, 0.4) is 0 Å². The molecule has 2 nitrogen and oxygen atoms in total. The van der Waals surface area contributed by atoms with Gasteiger partial charge in [0, 0.05) is 44.3 Å². The van der Waals surface area contributed by atoms with E-state index in [1.54, 1.807) is 5.56 Å². The van der Waals surface area contributed by atoms with Crippen molar-refractivity contribution in [2.24, 2.45) is 0 Å². The van der Waals surface area contributed by atoms with Crippen LogP contribution in [0, 0.1) is 0 Å². The minimum atomic E-state index is -0.125. The summed E-state index contributed by atoms with van der Waals surface area (Å²) in [6.45, 7) is 22.3. The molecule has 0 saturated heterocycles. The van der Waals surface area contributed by atoms with Crippen LogP contribution in [0.5, 0.6) is 0 Å². The van der Waals surface area contributed by atoms with Crippen molar-refractivity contribution < 1.29 is 0 Å². The molecule has 1 fully saturated rings. The van der Waals surface area contributed by atoms with Gasteiger partial charge in [-0.3, -0.25) is 0 Å². The van der Waals surface area contributed by atoms with Crippen molar-refractivity contribution in [3.8, 4) is 22.3 Å². The lowest BCUT2D eigenvalue weighted by atomic mass is 9.61. The summed E-state index contributed by atoms with van der Waals surface area (Å²) in [6, 6.07) is 33.9. The van der Waals surface area contributed by atoms with E-state index in [1.807, 2.05) is 0 Å². The van der Waals surface area contributed by atoms with Gasteiger partial charge in [-0.05, 0) is 87.4 Å². The lowest BCUT2D eigenvalue weighted by Gasteiger charge is -2.55. The fourth-order valence-electron chi connectivity index (χ4n) is 12.1. The quantitative estimate of drug-likeness (QED) is 0.162. The topological polar surface area (TPSA) is 6.48 Å². The van der Waals surface area contributed by atoms with Crippen LogP contribution in [0.2, 0.25) is 0 Å². The van der Waals surface area contributed by atoms with E-state index in [4.69, 9.17) is 0 Å². The van der Waals surface area contributed by atoms with Gasteiger partial charge in [-0.25, -0.2) is 0 Å². The zero-order valence-corrected chi connectivity index (χ0v) is 31.9. The van der Waals surface area contributed by atoms with Gasteiger partial charge in [0.25, 0.3) is 0 Å². The summed E-state index contributed by atoms with van der Waals surface area (Å²) in [5.41, 5.74) is 23.3. The van der Waals surface area contributed by atoms with Crippen molar-refractivity contribution in [1.82, 2.24) is 0 Å². The van der Waals surface area contributed by atoms with Crippen molar-refractivity contribution in [3.63, 3.8) is 0 Å². The Morgan fingerprint density at radius 1 is 0.588 bits per heavy atom. The summed E-state index contributed by atoms with van der Waals surface area (Å²) >= 11 is 0. The van der Waals surface area contributed by atoms with E-state index >= 15 is 0 Å². The molecule has 0 spiro atoms. The van der Waals surface area contributed by atoms with Crippen LogP contribution in [0.4, 0.5) is 22.7 Å². The van der Waals surface area contributed by atoms with Gasteiger partial charge in [0.15, 0.2) is 0 Å². The molecule has 1 saturated carbocycles. The van der Waals surface area contributed by atoms with E-state index in [2.05, 4.69) is 157 Å². The highest BCUT2D eigenvalue weighted by Gasteiger charge is 2.62. The molecular formula is C49H50N2. The third-order valence-electron chi connectivity index (χ3n) is 15.1. The fourth-order valence-corrected chi connectivity index (χ4v) is 12.1. The highest BCUT2D eigenvalue weighted by Crippen LogP contribution is 2.72. The van der Waals surface area contributed by atoms with Gasteiger partial charge in [0.1, 0.15) is 0 Å². The number of anilines is 4. The third-order valence-corrected chi connectivity index (χ3v) is 15.1. The van der Waals surface area contributed by atoms with E-state index in [0.717, 1.165) is 0 Å². The van der Waals surface area contributed by atoms with Crippen LogP contribution in [0.1, 0.15) is 139 Å². The largest absolute Gasteiger partial charge is 0.334 e. The molecule has 5 aromatic carbocycles. The Morgan fingerprint density at radius 2 is 1.25 bits per heavy atom. The van der Waals surface area contributed by atoms with Crippen molar-refractivity contribution >= 4 is 22.7 Å². The normalized spacial score (nSPS) is 26.0. The molecule has 5 aromatic rings. The first kappa shape index (κ1) is 30.3. The molecule has 2 aliphatic carbocycles. The Bertz CT molecular complexity index is 2420. The third kappa shape index (κ3) is 3.26. The average molecular weight is 667 g/mol. The van der Waals surface area contributed by atoms with Crippen molar-refractivity contribution in [1.29, 1.82) is 0 Å². The van der Waals surface area contributed by atoms with Crippen LogP contribution in [-0.4, -0.2) is 5.54 Å².